The molecule has 1 amide bonds. The van der Waals surface area contributed by atoms with Crippen molar-refractivity contribution in [3.05, 3.63) is 94.2 Å². The molecule has 0 unspecified atom stereocenters. The first kappa shape index (κ1) is 23.1. The number of oxazole rings is 1. The summed E-state index contributed by atoms with van der Waals surface area (Å²) in [6, 6.07) is 21.6. The highest BCUT2D eigenvalue weighted by molar-refractivity contribution is 7.80. The van der Waals surface area contributed by atoms with Gasteiger partial charge in [-0.1, -0.05) is 41.4 Å². The van der Waals surface area contributed by atoms with Crippen molar-refractivity contribution in [1.29, 1.82) is 0 Å². The van der Waals surface area contributed by atoms with Gasteiger partial charge in [-0.2, -0.15) is 0 Å². The van der Waals surface area contributed by atoms with Gasteiger partial charge in [-0.15, -0.1) is 0 Å². The second-order valence-corrected chi connectivity index (χ2v) is 8.94. The molecule has 0 saturated carbocycles. The lowest BCUT2D eigenvalue weighted by Gasteiger charge is -2.09. The smallest absolute Gasteiger partial charge is 0.293 e. The number of anilines is 1. The third-order valence-corrected chi connectivity index (χ3v) is 6.21. The number of carbonyl (C=O) groups excluding carboxylic acids is 1. The van der Waals surface area contributed by atoms with Crippen molar-refractivity contribution in [2.24, 2.45) is 0 Å². The van der Waals surface area contributed by atoms with Gasteiger partial charge in [-0.3, -0.25) is 10.1 Å². The largest absolute Gasteiger partial charge is 0.451 e. The van der Waals surface area contributed by atoms with E-state index in [2.05, 4.69) is 15.6 Å². The Hall–Kier alpha value is -3.65. The number of hydrogen-bond acceptors (Lipinski definition) is 5. The van der Waals surface area contributed by atoms with E-state index in [0.717, 1.165) is 22.2 Å². The van der Waals surface area contributed by atoms with Gasteiger partial charge in [-0.25, -0.2) is 4.98 Å². The van der Waals surface area contributed by atoms with Crippen molar-refractivity contribution >= 4 is 63.2 Å². The molecule has 6 nitrogen and oxygen atoms in total. The van der Waals surface area contributed by atoms with Crippen molar-refractivity contribution in [1.82, 2.24) is 10.3 Å². The number of furan rings is 1. The fraction of sp³-hybridized carbons (Fsp3) is 0.0385. The molecule has 2 heterocycles. The molecule has 0 radical (unpaired) electrons. The van der Waals surface area contributed by atoms with Crippen LogP contribution in [0.2, 0.25) is 10.0 Å². The van der Waals surface area contributed by atoms with Crippen molar-refractivity contribution in [2.75, 3.05) is 5.32 Å². The zero-order chi connectivity index (χ0) is 24.5. The fourth-order valence-electron chi connectivity index (χ4n) is 3.51. The van der Waals surface area contributed by atoms with Gasteiger partial charge in [0.2, 0.25) is 5.89 Å². The lowest BCUT2D eigenvalue weighted by Crippen LogP contribution is -2.33. The molecule has 9 heteroatoms. The topological polar surface area (TPSA) is 80.3 Å². The first-order valence-electron chi connectivity index (χ1n) is 10.5. The van der Waals surface area contributed by atoms with E-state index in [4.69, 9.17) is 44.3 Å². The number of hydrogen-bond donors (Lipinski definition) is 2. The monoisotopic (exact) mass is 521 g/mol. The predicted molar refractivity (Wildman–Crippen MR) is 142 cm³/mol. The van der Waals surface area contributed by atoms with Gasteiger partial charge in [0.05, 0.1) is 10.0 Å². The van der Waals surface area contributed by atoms with Gasteiger partial charge < -0.3 is 14.2 Å². The second kappa shape index (κ2) is 9.54. The van der Waals surface area contributed by atoms with E-state index in [1.165, 1.54) is 0 Å². The number of thiocarbonyl (C=S) groups is 1. The molecular formula is C26H17Cl2N3O3S. The van der Waals surface area contributed by atoms with Crippen LogP contribution in [0.4, 0.5) is 5.69 Å². The van der Waals surface area contributed by atoms with Crippen LogP contribution >= 0.6 is 35.4 Å². The van der Waals surface area contributed by atoms with Crippen molar-refractivity contribution in [2.45, 2.75) is 6.92 Å². The molecule has 0 aliphatic heterocycles. The van der Waals surface area contributed by atoms with E-state index in [9.17, 15) is 4.79 Å². The van der Waals surface area contributed by atoms with Gasteiger partial charge in [0, 0.05) is 16.8 Å². The Kier molecular flexibility index (Phi) is 6.30. The van der Waals surface area contributed by atoms with Crippen LogP contribution in [-0.4, -0.2) is 16.0 Å². The molecule has 2 N–H and O–H groups in total. The van der Waals surface area contributed by atoms with E-state index in [1.54, 1.807) is 30.3 Å². The maximum absolute atomic E-state index is 12.6. The Bertz CT molecular complexity index is 1590. The summed E-state index contributed by atoms with van der Waals surface area (Å²) in [7, 11) is 0. The number of fused-ring (bicyclic) bond motifs is 1. The summed E-state index contributed by atoms with van der Waals surface area (Å²) in [6.45, 7) is 2.00. The normalized spacial score (nSPS) is 10.9. The standard InChI is InChI=1S/C26H17Cl2N3O3S/c1-14-8-9-19-22(12-14)34-25(30-19)15-4-2-5-16(13-15)29-26(35)31-24(32)21-11-10-20(33-21)17-6-3-7-18(27)23(17)28/h2-13H,1H3,(H2,29,31,32,35). The quantitative estimate of drug-likeness (QED) is 0.238. The van der Waals surface area contributed by atoms with E-state index >= 15 is 0 Å². The molecule has 3 aromatic carbocycles. The molecule has 5 aromatic rings. The van der Waals surface area contributed by atoms with E-state index < -0.39 is 5.91 Å². The summed E-state index contributed by atoms with van der Waals surface area (Å²) in [5.41, 5.74) is 4.62. The van der Waals surface area contributed by atoms with Crippen LogP contribution in [0, 0.1) is 6.92 Å². The molecule has 35 heavy (non-hydrogen) atoms. The lowest BCUT2D eigenvalue weighted by atomic mass is 10.2. The zero-order valence-electron chi connectivity index (χ0n) is 18.3. The maximum atomic E-state index is 12.6. The SMILES string of the molecule is Cc1ccc2nc(-c3cccc(NC(=S)NC(=O)c4ccc(-c5cccc(Cl)c5Cl)o4)c3)oc2c1. The fourth-order valence-corrected chi connectivity index (χ4v) is 4.12. The average Bonchev–Trinajstić information content (AvgIpc) is 3.48. The van der Waals surface area contributed by atoms with Crippen LogP contribution in [0.25, 0.3) is 33.9 Å². The summed E-state index contributed by atoms with van der Waals surface area (Å²) in [6.07, 6.45) is 0. The third kappa shape index (κ3) is 4.93. The van der Waals surface area contributed by atoms with Crippen molar-refractivity contribution in [3.8, 4) is 22.8 Å². The molecule has 0 aliphatic rings. The van der Waals surface area contributed by atoms with E-state index in [0.29, 0.717) is 32.9 Å². The molecule has 0 spiro atoms. The highest BCUT2D eigenvalue weighted by Gasteiger charge is 2.16. The minimum atomic E-state index is -0.502. The maximum Gasteiger partial charge on any atom is 0.293 e. The van der Waals surface area contributed by atoms with Gasteiger partial charge in [0.1, 0.15) is 11.3 Å². The van der Waals surface area contributed by atoms with Crippen LogP contribution in [0.3, 0.4) is 0 Å². The summed E-state index contributed by atoms with van der Waals surface area (Å²) in [4.78, 5) is 17.2. The molecule has 0 aliphatic carbocycles. The number of carbonyl (C=O) groups is 1. The number of nitrogens with zero attached hydrogens (tertiary/aromatic N) is 1. The molecule has 0 bridgehead atoms. The Labute approximate surface area is 215 Å². The van der Waals surface area contributed by atoms with Crippen molar-refractivity contribution in [3.63, 3.8) is 0 Å². The minimum Gasteiger partial charge on any atom is -0.451 e. The van der Waals surface area contributed by atoms with Crippen molar-refractivity contribution < 1.29 is 13.6 Å². The Morgan fingerprint density at radius 1 is 0.971 bits per heavy atom. The Balaban J connectivity index is 1.28. The molecule has 5 rings (SSSR count). The van der Waals surface area contributed by atoms with Crippen LogP contribution < -0.4 is 10.6 Å². The second-order valence-electron chi connectivity index (χ2n) is 7.74. The number of benzene rings is 3. The van der Waals surface area contributed by atoms with Gasteiger partial charge in [-0.05, 0) is 79.3 Å². The van der Waals surface area contributed by atoms with Crippen LogP contribution in [0.15, 0.2) is 81.6 Å². The summed E-state index contributed by atoms with van der Waals surface area (Å²) in [5.74, 6) is 0.489. The third-order valence-electron chi connectivity index (χ3n) is 5.19. The van der Waals surface area contributed by atoms with Gasteiger partial charge >= 0.3 is 0 Å². The number of amides is 1. The molecule has 174 valence electrons. The molecule has 0 saturated heterocycles. The number of aromatic nitrogens is 1. The van der Waals surface area contributed by atoms with Crippen LogP contribution in [-0.2, 0) is 0 Å². The highest BCUT2D eigenvalue weighted by Crippen LogP contribution is 2.34. The molecular weight excluding hydrogens is 505 g/mol. The van der Waals surface area contributed by atoms with E-state index in [1.807, 2.05) is 49.4 Å². The molecule has 0 atom stereocenters. The first-order valence-corrected chi connectivity index (χ1v) is 11.7. The number of nitrogens with one attached hydrogen (secondary N) is 2. The van der Waals surface area contributed by atoms with Gasteiger partial charge in [0.25, 0.3) is 5.91 Å². The Morgan fingerprint density at radius 2 is 1.80 bits per heavy atom. The first-order chi connectivity index (χ1) is 16.9. The van der Waals surface area contributed by atoms with Gasteiger partial charge in [0.15, 0.2) is 16.5 Å². The summed E-state index contributed by atoms with van der Waals surface area (Å²) >= 11 is 17.6. The molecule has 0 fully saturated rings. The lowest BCUT2D eigenvalue weighted by molar-refractivity contribution is 0.0951. The summed E-state index contributed by atoms with van der Waals surface area (Å²) in [5, 5.41) is 6.47. The highest BCUT2D eigenvalue weighted by atomic mass is 35.5. The Morgan fingerprint density at radius 3 is 2.66 bits per heavy atom. The number of aryl methyl sites for hydroxylation is 1. The zero-order valence-corrected chi connectivity index (χ0v) is 20.6. The van der Waals surface area contributed by atoms with E-state index in [-0.39, 0.29) is 10.9 Å². The predicted octanol–water partition coefficient (Wildman–Crippen LogP) is 7.50. The van der Waals surface area contributed by atoms with Crippen LogP contribution in [0.5, 0.6) is 0 Å². The average molecular weight is 522 g/mol. The number of halogens is 2. The number of rotatable bonds is 4. The molecule has 2 aromatic heterocycles. The summed E-state index contributed by atoms with van der Waals surface area (Å²) < 4.78 is 11.6. The van der Waals surface area contributed by atoms with Crippen LogP contribution in [0.1, 0.15) is 16.1 Å². The minimum absolute atomic E-state index is 0.0794.